The van der Waals surface area contributed by atoms with Gasteiger partial charge in [0.15, 0.2) is 0 Å². The van der Waals surface area contributed by atoms with E-state index < -0.39 is 0 Å². The van der Waals surface area contributed by atoms with E-state index in [2.05, 4.69) is 17.2 Å². The van der Waals surface area contributed by atoms with Gasteiger partial charge in [-0.1, -0.05) is 31.4 Å². The van der Waals surface area contributed by atoms with Gasteiger partial charge in [0.05, 0.1) is 10.7 Å². The minimum Gasteiger partial charge on any atom is -0.373 e. The van der Waals surface area contributed by atoms with Gasteiger partial charge in [0.1, 0.15) is 5.82 Å². The van der Waals surface area contributed by atoms with Gasteiger partial charge in [0.25, 0.3) is 0 Å². The van der Waals surface area contributed by atoms with E-state index in [4.69, 9.17) is 11.6 Å². The van der Waals surface area contributed by atoms with E-state index in [1.807, 2.05) is 30.9 Å². The fraction of sp³-hybridized carbons (Fsp3) is 0.643. The van der Waals surface area contributed by atoms with Gasteiger partial charge in [-0.15, -0.1) is 0 Å². The lowest BCUT2D eigenvalue weighted by atomic mass is 9.91. The Morgan fingerprint density at radius 2 is 2.28 bits per heavy atom. The van der Waals surface area contributed by atoms with Gasteiger partial charge in [-0.25, -0.2) is 4.98 Å². The average molecular weight is 285 g/mol. The number of pyridine rings is 1. The lowest BCUT2D eigenvalue weighted by Crippen LogP contribution is -2.15. The Balaban J connectivity index is 1.92. The van der Waals surface area contributed by atoms with E-state index in [1.54, 1.807) is 0 Å². The third kappa shape index (κ3) is 3.79. The smallest absolute Gasteiger partial charge is 0.126 e. The van der Waals surface area contributed by atoms with Crippen LogP contribution in [0.2, 0.25) is 5.02 Å². The molecule has 0 saturated heterocycles. The van der Waals surface area contributed by atoms with Crippen LogP contribution in [0.15, 0.2) is 12.1 Å². The maximum Gasteiger partial charge on any atom is 0.126 e. The fourth-order valence-electron chi connectivity index (χ4n) is 2.45. The molecule has 1 aromatic heterocycles. The molecule has 0 bridgehead atoms. The molecule has 18 heavy (non-hydrogen) atoms. The van der Waals surface area contributed by atoms with E-state index in [1.165, 1.54) is 25.7 Å². The normalized spacial score (nSPS) is 23.9. The van der Waals surface area contributed by atoms with Crippen molar-refractivity contribution in [3.8, 4) is 0 Å². The van der Waals surface area contributed by atoms with Crippen LogP contribution in [0.5, 0.6) is 0 Å². The van der Waals surface area contributed by atoms with Crippen molar-refractivity contribution in [2.24, 2.45) is 5.92 Å². The first kappa shape index (κ1) is 14.0. The third-order valence-electron chi connectivity index (χ3n) is 3.52. The fourth-order valence-corrected chi connectivity index (χ4v) is 4.11. The van der Waals surface area contributed by atoms with Crippen molar-refractivity contribution < 1.29 is 0 Å². The van der Waals surface area contributed by atoms with E-state index >= 15 is 0 Å². The highest BCUT2D eigenvalue weighted by atomic mass is 35.5. The zero-order valence-corrected chi connectivity index (χ0v) is 12.7. The van der Waals surface area contributed by atoms with Gasteiger partial charge < -0.3 is 5.32 Å². The summed E-state index contributed by atoms with van der Waals surface area (Å²) in [5.41, 5.74) is 1.01. The molecule has 1 heterocycles. The van der Waals surface area contributed by atoms with Gasteiger partial charge in [-0.3, -0.25) is 0 Å². The zero-order valence-electron chi connectivity index (χ0n) is 11.1. The number of hydrogen-bond donors (Lipinski definition) is 1. The van der Waals surface area contributed by atoms with Crippen molar-refractivity contribution in [3.05, 3.63) is 22.8 Å². The number of halogens is 1. The van der Waals surface area contributed by atoms with Crippen LogP contribution in [-0.4, -0.2) is 17.3 Å². The molecule has 1 aliphatic rings. The minimum atomic E-state index is 0.782. The molecule has 4 heteroatoms. The van der Waals surface area contributed by atoms with E-state index in [0.29, 0.717) is 0 Å². The molecule has 0 aliphatic heterocycles. The summed E-state index contributed by atoms with van der Waals surface area (Å²) in [5.74, 6) is 2.70. The van der Waals surface area contributed by atoms with Gasteiger partial charge in [-0.05, 0) is 30.9 Å². The Labute approximate surface area is 119 Å². The second-order valence-electron chi connectivity index (χ2n) is 5.08. The molecular weight excluding hydrogens is 264 g/mol. The summed E-state index contributed by atoms with van der Waals surface area (Å²) < 4.78 is 0. The van der Waals surface area contributed by atoms with Crippen LogP contribution in [-0.2, 0) is 5.75 Å². The lowest BCUT2D eigenvalue weighted by molar-refractivity contribution is 0.394. The van der Waals surface area contributed by atoms with Gasteiger partial charge in [-0.2, -0.15) is 11.8 Å². The van der Waals surface area contributed by atoms with Crippen LogP contribution >= 0.6 is 23.4 Å². The topological polar surface area (TPSA) is 24.9 Å². The Kier molecular flexibility index (Phi) is 5.19. The largest absolute Gasteiger partial charge is 0.373 e. The van der Waals surface area contributed by atoms with Gasteiger partial charge in [0.2, 0.25) is 0 Å². The summed E-state index contributed by atoms with van der Waals surface area (Å²) in [6.07, 6.45) is 5.45. The van der Waals surface area contributed by atoms with Crippen LogP contribution < -0.4 is 5.32 Å². The highest BCUT2D eigenvalue weighted by Gasteiger charge is 2.19. The van der Waals surface area contributed by atoms with E-state index in [0.717, 1.165) is 33.5 Å². The van der Waals surface area contributed by atoms with Gasteiger partial charge >= 0.3 is 0 Å². The molecule has 0 radical (unpaired) electrons. The monoisotopic (exact) mass is 284 g/mol. The Hall–Kier alpha value is -0.410. The number of anilines is 1. The maximum atomic E-state index is 6.20. The summed E-state index contributed by atoms with van der Waals surface area (Å²) in [5, 5.41) is 4.63. The predicted octanol–water partition coefficient (Wildman–Crippen LogP) is 4.59. The quantitative estimate of drug-likeness (QED) is 0.875. The molecule has 0 spiro atoms. The van der Waals surface area contributed by atoms with Crippen LogP contribution in [0.3, 0.4) is 0 Å². The lowest BCUT2D eigenvalue weighted by Gasteiger charge is -2.26. The minimum absolute atomic E-state index is 0.782. The van der Waals surface area contributed by atoms with E-state index in [-0.39, 0.29) is 0 Å². The molecule has 1 N–H and O–H groups in total. The zero-order chi connectivity index (χ0) is 13.0. The molecule has 2 atom stereocenters. The van der Waals surface area contributed by atoms with E-state index in [9.17, 15) is 0 Å². The number of rotatable bonds is 4. The van der Waals surface area contributed by atoms with Crippen molar-refractivity contribution in [1.82, 2.24) is 4.98 Å². The standard InChI is InChI=1S/C14H21ClN2S/c1-10-4-3-5-11(8-10)18-9-13-12(15)6-7-14(16-2)17-13/h6-7,10-11H,3-5,8-9H2,1-2H3,(H,16,17). The van der Waals surface area contributed by atoms with Crippen LogP contribution in [0.1, 0.15) is 38.3 Å². The molecule has 2 unspecified atom stereocenters. The summed E-state index contributed by atoms with van der Waals surface area (Å²) in [6.45, 7) is 2.36. The highest BCUT2D eigenvalue weighted by Crippen LogP contribution is 2.34. The Morgan fingerprint density at radius 3 is 3.00 bits per heavy atom. The van der Waals surface area contributed by atoms with Crippen molar-refractivity contribution in [3.63, 3.8) is 0 Å². The molecule has 2 rings (SSSR count). The Morgan fingerprint density at radius 1 is 1.44 bits per heavy atom. The molecule has 2 nitrogen and oxygen atoms in total. The molecule has 1 fully saturated rings. The number of aromatic nitrogens is 1. The third-order valence-corrected chi connectivity index (χ3v) is 5.20. The second-order valence-corrected chi connectivity index (χ2v) is 6.78. The molecule has 1 saturated carbocycles. The summed E-state index contributed by atoms with van der Waals surface area (Å²) in [4.78, 5) is 4.53. The van der Waals surface area contributed by atoms with Crippen molar-refractivity contribution >= 4 is 29.2 Å². The van der Waals surface area contributed by atoms with Crippen molar-refractivity contribution in [2.45, 2.75) is 43.6 Å². The summed E-state index contributed by atoms with van der Waals surface area (Å²) in [7, 11) is 1.88. The van der Waals surface area contributed by atoms with Crippen LogP contribution in [0.4, 0.5) is 5.82 Å². The predicted molar refractivity (Wildman–Crippen MR) is 81.5 cm³/mol. The maximum absolute atomic E-state index is 6.20. The second kappa shape index (κ2) is 6.67. The van der Waals surface area contributed by atoms with Crippen LogP contribution in [0, 0.1) is 5.92 Å². The molecule has 0 amide bonds. The SMILES string of the molecule is CNc1ccc(Cl)c(CSC2CCCC(C)C2)n1. The highest BCUT2D eigenvalue weighted by molar-refractivity contribution is 7.99. The summed E-state index contributed by atoms with van der Waals surface area (Å²) >= 11 is 8.21. The Bertz CT molecular complexity index is 397. The molecule has 1 aliphatic carbocycles. The summed E-state index contributed by atoms with van der Waals surface area (Å²) in [6, 6.07) is 3.85. The van der Waals surface area contributed by atoms with Crippen LogP contribution in [0.25, 0.3) is 0 Å². The molecule has 1 aromatic rings. The number of nitrogens with one attached hydrogen (secondary N) is 1. The van der Waals surface area contributed by atoms with Crippen molar-refractivity contribution in [1.29, 1.82) is 0 Å². The number of hydrogen-bond acceptors (Lipinski definition) is 3. The first-order valence-electron chi connectivity index (χ1n) is 6.64. The van der Waals surface area contributed by atoms with Crippen molar-refractivity contribution in [2.75, 3.05) is 12.4 Å². The average Bonchev–Trinajstić information content (AvgIpc) is 2.38. The first-order chi connectivity index (χ1) is 8.69. The first-order valence-corrected chi connectivity index (χ1v) is 8.06. The number of thioether (sulfide) groups is 1. The molecule has 0 aromatic carbocycles. The molecular formula is C14H21ClN2S. The van der Waals surface area contributed by atoms with Gasteiger partial charge in [0, 0.05) is 18.1 Å². The number of nitrogens with zero attached hydrogens (tertiary/aromatic N) is 1. The molecule has 100 valence electrons.